The van der Waals surface area contributed by atoms with Gasteiger partial charge in [-0.2, -0.15) is 10.2 Å². The summed E-state index contributed by atoms with van der Waals surface area (Å²) >= 11 is 1.80. The number of rotatable bonds is 4. The molecule has 7 aromatic carbocycles. The highest BCUT2D eigenvalue weighted by Crippen LogP contribution is 2.48. The Bertz CT molecular complexity index is 2080. The fourth-order valence-corrected chi connectivity index (χ4v) is 6.76. The Morgan fingerprint density at radius 2 is 1.05 bits per heavy atom. The molecule has 0 amide bonds. The Labute approximate surface area is 248 Å². The number of anilines is 2. The zero-order chi connectivity index (χ0) is 27.9. The first-order valence-electron chi connectivity index (χ1n) is 14.0. The van der Waals surface area contributed by atoms with E-state index in [0.29, 0.717) is 0 Å². The summed E-state index contributed by atoms with van der Waals surface area (Å²) in [6.45, 7) is 0. The highest BCUT2D eigenvalue weighted by Gasteiger charge is 2.18. The molecule has 1 aliphatic heterocycles. The van der Waals surface area contributed by atoms with E-state index >= 15 is 0 Å². The predicted molar refractivity (Wildman–Crippen MR) is 177 cm³/mol. The van der Waals surface area contributed by atoms with E-state index in [9.17, 15) is 0 Å². The Morgan fingerprint density at radius 1 is 0.476 bits per heavy atom. The topological polar surface area (TPSA) is 36.8 Å². The molecule has 0 spiro atoms. The lowest BCUT2D eigenvalue weighted by Gasteiger charge is -2.23. The second kappa shape index (κ2) is 10.3. The molecule has 4 heteroatoms. The zero-order valence-electron chi connectivity index (χ0n) is 22.7. The highest BCUT2D eigenvalue weighted by molar-refractivity contribution is 7.99. The first-order valence-corrected chi connectivity index (χ1v) is 14.8. The summed E-state index contributed by atoms with van der Waals surface area (Å²) in [6, 6.07) is 51.0. The molecule has 0 unspecified atom stereocenters. The molecule has 0 radical (unpaired) electrons. The summed E-state index contributed by atoms with van der Waals surface area (Å²) < 4.78 is 0. The lowest BCUT2D eigenvalue weighted by molar-refractivity contribution is 1.23. The summed E-state index contributed by atoms with van der Waals surface area (Å²) in [4.78, 5) is 2.48. The predicted octanol–water partition coefficient (Wildman–Crippen LogP) is 12.0. The molecule has 0 fully saturated rings. The molecule has 1 heterocycles. The summed E-state index contributed by atoms with van der Waals surface area (Å²) in [5.74, 6) is 0. The van der Waals surface area contributed by atoms with Crippen LogP contribution in [0.5, 0.6) is 0 Å². The monoisotopic (exact) mass is 555 g/mol. The van der Waals surface area contributed by atoms with Crippen molar-refractivity contribution in [2.24, 2.45) is 10.2 Å². The molecule has 3 nitrogen and oxygen atoms in total. The van der Waals surface area contributed by atoms with Crippen LogP contribution in [0, 0.1) is 0 Å². The van der Waals surface area contributed by atoms with Gasteiger partial charge >= 0.3 is 0 Å². The number of para-hydroxylation sites is 2. The largest absolute Gasteiger partial charge is 0.353 e. The maximum atomic E-state index is 4.54. The fraction of sp³-hybridized carbons (Fsp3) is 0. The quantitative estimate of drug-likeness (QED) is 0.173. The second-order valence-corrected chi connectivity index (χ2v) is 11.5. The van der Waals surface area contributed by atoms with Gasteiger partial charge in [0.2, 0.25) is 0 Å². The van der Waals surface area contributed by atoms with E-state index in [0.717, 1.165) is 28.3 Å². The van der Waals surface area contributed by atoms with Crippen LogP contribution < -0.4 is 5.32 Å². The van der Waals surface area contributed by atoms with Crippen LogP contribution in [0.2, 0.25) is 0 Å². The molecule has 1 aliphatic rings. The second-order valence-electron chi connectivity index (χ2n) is 10.4. The number of nitrogens with one attached hydrogen (secondary N) is 1. The third-order valence-electron chi connectivity index (χ3n) is 7.78. The van der Waals surface area contributed by atoms with Crippen molar-refractivity contribution in [3.8, 4) is 22.3 Å². The van der Waals surface area contributed by atoms with Crippen LogP contribution in [0.4, 0.5) is 22.7 Å². The van der Waals surface area contributed by atoms with Crippen molar-refractivity contribution in [3.63, 3.8) is 0 Å². The first-order chi connectivity index (χ1) is 20.8. The number of azo groups is 1. The van der Waals surface area contributed by atoms with Crippen molar-refractivity contribution in [2.45, 2.75) is 9.79 Å². The number of fused-ring (bicyclic) bond motifs is 4. The van der Waals surface area contributed by atoms with Gasteiger partial charge in [0, 0.05) is 15.4 Å². The molecule has 0 aliphatic carbocycles. The van der Waals surface area contributed by atoms with Crippen LogP contribution in [0.1, 0.15) is 0 Å². The molecule has 0 saturated carbocycles. The first kappa shape index (κ1) is 24.6. The fourth-order valence-electron chi connectivity index (χ4n) is 5.74. The van der Waals surface area contributed by atoms with Crippen molar-refractivity contribution in [2.75, 3.05) is 5.32 Å². The van der Waals surface area contributed by atoms with Gasteiger partial charge in [-0.3, -0.25) is 0 Å². The van der Waals surface area contributed by atoms with Gasteiger partial charge in [0.05, 0.1) is 22.7 Å². The number of nitrogens with zero attached hydrogens (tertiary/aromatic N) is 2. The molecular weight excluding hydrogens is 531 g/mol. The minimum absolute atomic E-state index is 0.820. The van der Waals surface area contributed by atoms with E-state index in [4.69, 9.17) is 0 Å². The highest BCUT2D eigenvalue weighted by atomic mass is 32.2. The van der Waals surface area contributed by atoms with Crippen LogP contribution in [0.15, 0.2) is 166 Å². The van der Waals surface area contributed by atoms with Crippen molar-refractivity contribution in [1.82, 2.24) is 0 Å². The van der Waals surface area contributed by atoms with E-state index in [1.54, 1.807) is 11.8 Å². The van der Waals surface area contributed by atoms with E-state index in [-0.39, 0.29) is 0 Å². The Morgan fingerprint density at radius 3 is 1.74 bits per heavy atom. The van der Waals surface area contributed by atoms with E-state index < -0.39 is 0 Å². The lowest BCUT2D eigenvalue weighted by Crippen LogP contribution is -2.01. The van der Waals surface area contributed by atoms with Gasteiger partial charge in [-0.25, -0.2) is 0 Å². The van der Waals surface area contributed by atoms with Crippen LogP contribution in [0.3, 0.4) is 0 Å². The molecule has 198 valence electrons. The zero-order valence-corrected chi connectivity index (χ0v) is 23.5. The smallest absolute Gasteiger partial charge is 0.0857 e. The van der Waals surface area contributed by atoms with Gasteiger partial charge < -0.3 is 5.32 Å². The van der Waals surface area contributed by atoms with Crippen LogP contribution >= 0.6 is 11.8 Å². The molecule has 0 atom stereocenters. The third-order valence-corrected chi connectivity index (χ3v) is 8.92. The van der Waals surface area contributed by atoms with Crippen molar-refractivity contribution in [3.05, 3.63) is 146 Å². The van der Waals surface area contributed by atoms with Crippen LogP contribution in [0.25, 0.3) is 43.8 Å². The van der Waals surface area contributed by atoms with Gasteiger partial charge in [-0.05, 0) is 86.8 Å². The van der Waals surface area contributed by atoms with Gasteiger partial charge in [0.15, 0.2) is 0 Å². The minimum atomic E-state index is 0.820. The summed E-state index contributed by atoms with van der Waals surface area (Å²) in [7, 11) is 0. The molecule has 0 bridgehead atoms. The normalized spacial score (nSPS) is 12.3. The standard InChI is InChI=1S/C38H25N3S/c1-3-10-31-27(8-1)24-28-9-2-4-11-32(28)37(31)26-18-22-30(23-19-26)41-40-29-20-16-25(17-21-29)33-12-7-15-36-38(33)39-34-13-5-6-14-35(34)42-36/h1-24,39H/b41-40+. The number of hydrogen-bond acceptors (Lipinski definition) is 4. The molecule has 42 heavy (non-hydrogen) atoms. The molecule has 0 aromatic heterocycles. The maximum Gasteiger partial charge on any atom is 0.0857 e. The summed E-state index contributed by atoms with van der Waals surface area (Å²) in [5.41, 5.74) is 8.68. The number of hydrogen-bond donors (Lipinski definition) is 1. The maximum absolute atomic E-state index is 4.54. The Balaban J connectivity index is 1.06. The third kappa shape index (κ3) is 4.43. The van der Waals surface area contributed by atoms with E-state index in [1.165, 1.54) is 48.0 Å². The van der Waals surface area contributed by atoms with E-state index in [2.05, 4.69) is 137 Å². The Kier molecular flexibility index (Phi) is 6.05. The van der Waals surface area contributed by atoms with Crippen LogP contribution in [-0.4, -0.2) is 0 Å². The van der Waals surface area contributed by atoms with Crippen LogP contribution in [-0.2, 0) is 0 Å². The molecule has 1 N–H and O–H groups in total. The lowest BCUT2D eigenvalue weighted by atomic mass is 9.92. The van der Waals surface area contributed by atoms with Crippen molar-refractivity contribution in [1.29, 1.82) is 0 Å². The summed E-state index contributed by atoms with van der Waals surface area (Å²) in [6.07, 6.45) is 0. The number of benzene rings is 7. The summed E-state index contributed by atoms with van der Waals surface area (Å²) in [5, 5.41) is 17.7. The molecule has 0 saturated heterocycles. The van der Waals surface area contributed by atoms with Crippen molar-refractivity contribution >= 4 is 56.1 Å². The molecular formula is C38H25N3S. The molecule has 8 rings (SSSR count). The van der Waals surface area contributed by atoms with Gasteiger partial charge in [0.1, 0.15) is 0 Å². The molecule has 7 aromatic rings. The van der Waals surface area contributed by atoms with Gasteiger partial charge in [-0.15, -0.1) is 0 Å². The van der Waals surface area contributed by atoms with Gasteiger partial charge in [-0.1, -0.05) is 109 Å². The van der Waals surface area contributed by atoms with Crippen molar-refractivity contribution < 1.29 is 0 Å². The minimum Gasteiger partial charge on any atom is -0.353 e. The van der Waals surface area contributed by atoms with E-state index in [1.807, 2.05) is 24.3 Å². The SMILES string of the molecule is c1ccc2c(c1)Nc1c(cccc1-c1ccc(/N=N/c3ccc(-c4c5ccccc5cc5ccccc45)cc3)cc1)S2. The average Bonchev–Trinajstić information content (AvgIpc) is 3.05. The van der Waals surface area contributed by atoms with Gasteiger partial charge in [0.25, 0.3) is 0 Å². The average molecular weight is 556 g/mol. The Hall–Kier alpha value is -5.19.